The number of hydrogen-bond acceptors (Lipinski definition) is 5. The van der Waals surface area contributed by atoms with E-state index in [0.29, 0.717) is 19.8 Å². The van der Waals surface area contributed by atoms with Crippen LogP contribution in [-0.4, -0.2) is 49.6 Å². The first-order valence-corrected chi connectivity index (χ1v) is 6.89. The van der Waals surface area contributed by atoms with Crippen LogP contribution in [0.2, 0.25) is 0 Å². The monoisotopic (exact) mass is 259 g/mol. The van der Waals surface area contributed by atoms with Gasteiger partial charge in [0.05, 0.1) is 19.3 Å². The molecule has 2 N–H and O–H groups in total. The molecule has 1 fully saturated rings. The molecule has 106 valence electrons. The molecule has 0 aromatic carbocycles. The third kappa shape index (κ3) is 6.33. The van der Waals surface area contributed by atoms with Gasteiger partial charge in [-0.3, -0.25) is 0 Å². The molecule has 2 atom stereocenters. The van der Waals surface area contributed by atoms with Crippen molar-refractivity contribution in [1.82, 2.24) is 5.32 Å². The lowest BCUT2D eigenvalue weighted by atomic mass is 10.1. The minimum absolute atomic E-state index is 0.00272. The fraction of sp³-hybridized carbons (Fsp3) is 0.923. The highest BCUT2D eigenvalue weighted by molar-refractivity contribution is 5.70. The van der Waals surface area contributed by atoms with Gasteiger partial charge in [-0.25, -0.2) is 4.79 Å². The third-order valence-corrected chi connectivity index (χ3v) is 3.16. The zero-order chi connectivity index (χ0) is 13.2. The van der Waals surface area contributed by atoms with Crippen LogP contribution in [0.4, 0.5) is 0 Å². The van der Waals surface area contributed by atoms with Crippen molar-refractivity contribution in [3.8, 4) is 0 Å². The summed E-state index contributed by atoms with van der Waals surface area (Å²) in [6.45, 7) is 3.27. The van der Waals surface area contributed by atoms with E-state index in [9.17, 15) is 9.90 Å². The van der Waals surface area contributed by atoms with E-state index in [1.54, 1.807) is 6.92 Å². The maximum Gasteiger partial charge on any atom is 0.332 e. The van der Waals surface area contributed by atoms with Crippen LogP contribution in [0.5, 0.6) is 0 Å². The average Bonchev–Trinajstić information content (AvgIpc) is 2.54. The smallest absolute Gasteiger partial charge is 0.332 e. The quantitative estimate of drug-likeness (QED) is 0.403. The zero-order valence-corrected chi connectivity index (χ0v) is 11.2. The molecule has 0 bridgehead atoms. The summed E-state index contributed by atoms with van der Waals surface area (Å²) in [5.74, 6) is -0.327. The van der Waals surface area contributed by atoms with Crippen molar-refractivity contribution in [2.45, 2.75) is 51.2 Å². The normalized spacial score (nSPS) is 24.6. The number of hydrogen-bond donors (Lipinski definition) is 2. The Hall–Kier alpha value is -0.650. The minimum Gasteiger partial charge on any atom is -0.464 e. The lowest BCUT2D eigenvalue weighted by Gasteiger charge is -2.21. The van der Waals surface area contributed by atoms with Gasteiger partial charge in [0, 0.05) is 12.6 Å². The van der Waals surface area contributed by atoms with Crippen molar-refractivity contribution in [2.24, 2.45) is 0 Å². The molecule has 18 heavy (non-hydrogen) atoms. The first kappa shape index (κ1) is 15.4. The second-order valence-corrected chi connectivity index (χ2v) is 4.62. The summed E-state index contributed by atoms with van der Waals surface area (Å²) in [4.78, 5) is 11.0. The van der Waals surface area contributed by atoms with E-state index < -0.39 is 0 Å². The van der Waals surface area contributed by atoms with Crippen LogP contribution in [-0.2, 0) is 14.3 Å². The van der Waals surface area contributed by atoms with Crippen LogP contribution in [0.3, 0.4) is 0 Å². The Morgan fingerprint density at radius 2 is 2.11 bits per heavy atom. The molecule has 0 aliphatic heterocycles. The summed E-state index contributed by atoms with van der Waals surface area (Å²) in [7, 11) is 0. The highest BCUT2D eigenvalue weighted by atomic mass is 16.6. The van der Waals surface area contributed by atoms with Crippen LogP contribution >= 0.6 is 0 Å². The van der Waals surface area contributed by atoms with Gasteiger partial charge in [-0.15, -0.1) is 0 Å². The lowest BCUT2D eigenvalue weighted by Crippen LogP contribution is -2.40. The van der Waals surface area contributed by atoms with Gasteiger partial charge in [-0.05, 0) is 19.8 Å². The summed E-state index contributed by atoms with van der Waals surface area (Å²) in [6.07, 6.45) is 5.11. The molecule has 0 amide bonds. The summed E-state index contributed by atoms with van der Waals surface area (Å²) in [6, 6.07) is 0.165. The topological polar surface area (TPSA) is 67.8 Å². The van der Waals surface area contributed by atoms with Crippen LogP contribution in [0.15, 0.2) is 0 Å². The Morgan fingerprint density at radius 3 is 2.89 bits per heavy atom. The van der Waals surface area contributed by atoms with E-state index in [4.69, 9.17) is 9.47 Å². The molecule has 1 aliphatic carbocycles. The van der Waals surface area contributed by atoms with Gasteiger partial charge in [0.2, 0.25) is 0 Å². The number of nitrogens with one attached hydrogen (secondary N) is 1. The van der Waals surface area contributed by atoms with Crippen LogP contribution in [0, 0.1) is 0 Å². The standard InChI is InChI=1S/C13H25NO4/c1-2-18-13(16)10-17-9-8-14-11-6-4-3-5-7-12(11)15/h11-12,14-15H,2-10H2,1H3. The maximum atomic E-state index is 11.0. The molecule has 0 saturated heterocycles. The molecule has 0 aromatic rings. The number of carbonyl (C=O) groups is 1. The molecular formula is C13H25NO4. The summed E-state index contributed by atoms with van der Waals surface area (Å²) in [5.41, 5.74) is 0. The van der Waals surface area contributed by atoms with Crippen molar-refractivity contribution >= 4 is 5.97 Å². The third-order valence-electron chi connectivity index (χ3n) is 3.16. The van der Waals surface area contributed by atoms with Gasteiger partial charge in [-0.1, -0.05) is 19.3 Å². The number of aliphatic hydroxyl groups is 1. The molecule has 1 rings (SSSR count). The van der Waals surface area contributed by atoms with E-state index in [0.717, 1.165) is 19.3 Å². The van der Waals surface area contributed by atoms with Gasteiger partial charge in [-0.2, -0.15) is 0 Å². The molecule has 2 unspecified atom stereocenters. The molecular weight excluding hydrogens is 234 g/mol. The van der Waals surface area contributed by atoms with E-state index >= 15 is 0 Å². The predicted molar refractivity (Wildman–Crippen MR) is 68.3 cm³/mol. The number of carbonyl (C=O) groups excluding carboxylic acids is 1. The molecule has 1 aliphatic rings. The number of aliphatic hydroxyl groups excluding tert-OH is 1. The van der Waals surface area contributed by atoms with Crippen LogP contribution < -0.4 is 5.32 Å². The highest BCUT2D eigenvalue weighted by Gasteiger charge is 2.20. The number of rotatable bonds is 7. The fourth-order valence-corrected chi connectivity index (χ4v) is 2.20. The van der Waals surface area contributed by atoms with E-state index in [1.807, 2.05) is 0 Å². The molecule has 5 heteroatoms. The Kier molecular flexibility index (Phi) is 7.96. The largest absolute Gasteiger partial charge is 0.464 e. The Balaban J connectivity index is 2.04. The van der Waals surface area contributed by atoms with E-state index in [1.165, 1.54) is 12.8 Å². The molecule has 5 nitrogen and oxygen atoms in total. The first-order valence-electron chi connectivity index (χ1n) is 6.89. The molecule has 1 saturated carbocycles. The van der Waals surface area contributed by atoms with Gasteiger partial charge in [0.25, 0.3) is 0 Å². The fourth-order valence-electron chi connectivity index (χ4n) is 2.20. The lowest BCUT2D eigenvalue weighted by molar-refractivity contribution is -0.148. The van der Waals surface area contributed by atoms with Crippen molar-refractivity contribution in [1.29, 1.82) is 0 Å². The van der Waals surface area contributed by atoms with Crippen molar-refractivity contribution in [3.05, 3.63) is 0 Å². The second-order valence-electron chi connectivity index (χ2n) is 4.62. The minimum atomic E-state index is -0.327. The molecule has 0 radical (unpaired) electrons. The van der Waals surface area contributed by atoms with Gasteiger partial charge >= 0.3 is 5.97 Å². The zero-order valence-electron chi connectivity index (χ0n) is 11.2. The SMILES string of the molecule is CCOC(=O)COCCNC1CCCCCC1O. The summed E-state index contributed by atoms with van der Waals surface area (Å²) in [5, 5.41) is 13.2. The van der Waals surface area contributed by atoms with Crippen LogP contribution in [0.1, 0.15) is 39.0 Å². The van der Waals surface area contributed by atoms with E-state index in [-0.39, 0.29) is 24.7 Å². The maximum absolute atomic E-state index is 11.0. The summed E-state index contributed by atoms with van der Waals surface area (Å²) >= 11 is 0. The van der Waals surface area contributed by atoms with E-state index in [2.05, 4.69) is 5.32 Å². The van der Waals surface area contributed by atoms with Gasteiger partial charge in [0.15, 0.2) is 0 Å². The van der Waals surface area contributed by atoms with Crippen LogP contribution in [0.25, 0.3) is 0 Å². The molecule has 0 spiro atoms. The predicted octanol–water partition coefficient (Wildman–Crippen LogP) is 0.849. The average molecular weight is 259 g/mol. The Labute approximate surface area is 109 Å². The van der Waals surface area contributed by atoms with Crippen molar-refractivity contribution in [2.75, 3.05) is 26.4 Å². The summed E-state index contributed by atoms with van der Waals surface area (Å²) < 4.78 is 9.93. The number of ether oxygens (including phenoxy) is 2. The van der Waals surface area contributed by atoms with Gasteiger partial charge in [0.1, 0.15) is 6.61 Å². The second kappa shape index (κ2) is 9.30. The number of esters is 1. The highest BCUT2D eigenvalue weighted by Crippen LogP contribution is 2.17. The first-order chi connectivity index (χ1) is 8.74. The Bertz CT molecular complexity index is 235. The van der Waals surface area contributed by atoms with Crippen molar-refractivity contribution in [3.63, 3.8) is 0 Å². The molecule has 0 heterocycles. The molecule has 0 aromatic heterocycles. The van der Waals surface area contributed by atoms with Crippen molar-refractivity contribution < 1.29 is 19.4 Å². The Morgan fingerprint density at radius 1 is 1.33 bits per heavy atom. The van der Waals surface area contributed by atoms with Gasteiger partial charge < -0.3 is 19.9 Å².